The lowest BCUT2D eigenvalue weighted by molar-refractivity contribution is 0.0762. The summed E-state index contributed by atoms with van der Waals surface area (Å²) in [6.07, 6.45) is 1.11. The van der Waals surface area contributed by atoms with Crippen molar-refractivity contribution in [2.75, 3.05) is 33.2 Å². The van der Waals surface area contributed by atoms with Crippen LogP contribution in [0.5, 0.6) is 11.5 Å². The Hall–Kier alpha value is -4.64. The Bertz CT molecular complexity index is 1840. The highest BCUT2D eigenvalue weighted by Gasteiger charge is 2.38. The number of halogens is 1. The van der Waals surface area contributed by atoms with Crippen LogP contribution >= 0.6 is 0 Å². The summed E-state index contributed by atoms with van der Waals surface area (Å²) in [4.78, 5) is 22.9. The summed E-state index contributed by atoms with van der Waals surface area (Å²) in [6, 6.07) is 29.4. The molecule has 1 saturated heterocycles. The van der Waals surface area contributed by atoms with Gasteiger partial charge in [-0.15, -0.1) is 0 Å². The third kappa shape index (κ3) is 5.99. The predicted molar refractivity (Wildman–Crippen MR) is 175 cm³/mol. The van der Waals surface area contributed by atoms with Crippen molar-refractivity contribution in [3.63, 3.8) is 0 Å². The molecule has 8 nitrogen and oxygen atoms in total. The summed E-state index contributed by atoms with van der Waals surface area (Å²) < 4.78 is 42.3. The van der Waals surface area contributed by atoms with Gasteiger partial charge in [-0.05, 0) is 48.0 Å². The van der Waals surface area contributed by atoms with Crippen LogP contribution in [0.1, 0.15) is 38.7 Å². The minimum Gasteiger partial charge on any atom is -0.478 e. The molecule has 46 heavy (non-hydrogen) atoms. The summed E-state index contributed by atoms with van der Waals surface area (Å²) in [5.41, 5.74) is 3.97. The van der Waals surface area contributed by atoms with E-state index in [9.17, 15) is 13.4 Å². The van der Waals surface area contributed by atoms with Crippen molar-refractivity contribution in [1.29, 1.82) is 0 Å². The number of nitrogens with zero attached hydrogens (tertiary/aromatic N) is 4. The zero-order chi connectivity index (χ0) is 31.6. The Kier molecular flexibility index (Phi) is 8.49. The van der Waals surface area contributed by atoms with E-state index in [-0.39, 0.29) is 24.8 Å². The summed E-state index contributed by atoms with van der Waals surface area (Å²) >= 11 is -1.79. The Morgan fingerprint density at radius 3 is 2.15 bits per heavy atom. The maximum Gasteiger partial charge on any atom is 0.290 e. The standard InChI is InChI=1S/C36H33FN4O4S/c1-39-19-21-41(22-20-39)46(43)45-34-29-13-8-18-38-32(29)35(44-33(26-9-4-2-5-10-26)27-11-6-3-7-12-27)31-30(34)24-40(36(31)42)23-25-14-16-28(37)17-15-25/h2-18,33H,19-24H2,1H3. The van der Waals surface area contributed by atoms with Crippen molar-refractivity contribution < 1.29 is 22.3 Å². The maximum absolute atomic E-state index is 14.4. The molecule has 2 aliphatic heterocycles. The number of hydrogen-bond acceptors (Lipinski definition) is 6. The first-order chi connectivity index (χ1) is 22.5. The Morgan fingerprint density at radius 1 is 0.848 bits per heavy atom. The smallest absolute Gasteiger partial charge is 0.290 e. The van der Waals surface area contributed by atoms with E-state index in [0.29, 0.717) is 46.6 Å². The number of rotatable bonds is 9. The maximum atomic E-state index is 14.4. The third-order valence-corrected chi connectivity index (χ3v) is 9.57. The average molecular weight is 637 g/mol. The topological polar surface area (TPSA) is 75.2 Å². The molecule has 2 aliphatic rings. The molecule has 1 amide bonds. The van der Waals surface area contributed by atoms with Crippen LogP contribution in [0.2, 0.25) is 0 Å². The van der Waals surface area contributed by atoms with Crippen LogP contribution in [-0.4, -0.2) is 62.4 Å². The molecule has 0 bridgehead atoms. The highest BCUT2D eigenvalue weighted by molar-refractivity contribution is 7.78. The van der Waals surface area contributed by atoms with Gasteiger partial charge in [0.2, 0.25) is 0 Å². The number of amides is 1. The van der Waals surface area contributed by atoms with Gasteiger partial charge in [0, 0.05) is 49.9 Å². The Balaban J connectivity index is 1.36. The molecule has 0 aliphatic carbocycles. The molecule has 7 rings (SSSR count). The molecule has 1 unspecified atom stereocenters. The molecule has 234 valence electrons. The fraction of sp³-hybridized carbons (Fsp3) is 0.222. The van der Waals surface area contributed by atoms with Crippen LogP contribution in [0.15, 0.2) is 103 Å². The molecule has 10 heteroatoms. The van der Waals surface area contributed by atoms with Gasteiger partial charge < -0.3 is 18.7 Å². The fourth-order valence-electron chi connectivity index (χ4n) is 6.01. The second-order valence-corrected chi connectivity index (χ2v) is 12.7. The number of likely N-dealkylation sites (N-methyl/N-ethyl adjacent to an activating group) is 1. The zero-order valence-electron chi connectivity index (χ0n) is 25.3. The number of aromatic nitrogens is 1. The first-order valence-electron chi connectivity index (χ1n) is 15.2. The van der Waals surface area contributed by atoms with Crippen LogP contribution in [0, 0.1) is 5.82 Å². The Labute approximate surface area is 269 Å². The highest BCUT2D eigenvalue weighted by atomic mass is 32.2. The molecule has 1 fully saturated rings. The number of piperazine rings is 1. The van der Waals surface area contributed by atoms with Gasteiger partial charge in [-0.3, -0.25) is 9.78 Å². The SMILES string of the molecule is CN1CCN(S(=O)Oc2c3c(c(OC(c4ccccc4)c4ccccc4)c4ncccc24)C(=O)N(Cc2ccc(F)cc2)C3)CC1. The summed E-state index contributed by atoms with van der Waals surface area (Å²) in [5, 5.41) is 0.607. The van der Waals surface area contributed by atoms with Crippen molar-refractivity contribution in [2.45, 2.75) is 19.2 Å². The zero-order valence-corrected chi connectivity index (χ0v) is 26.2. The highest BCUT2D eigenvalue weighted by Crippen LogP contribution is 2.47. The summed E-state index contributed by atoms with van der Waals surface area (Å²) in [5.74, 6) is 0.0843. The fourth-order valence-corrected chi connectivity index (χ4v) is 6.91. The van der Waals surface area contributed by atoms with Crippen LogP contribution in [0.3, 0.4) is 0 Å². The van der Waals surface area contributed by atoms with Crippen molar-refractivity contribution >= 4 is 28.1 Å². The van der Waals surface area contributed by atoms with Crippen molar-refractivity contribution in [3.8, 4) is 11.5 Å². The molecular formula is C36H33FN4O4S. The molecule has 0 N–H and O–H groups in total. The number of ether oxygens (including phenoxy) is 1. The van der Waals surface area contributed by atoms with Crippen LogP contribution < -0.4 is 8.92 Å². The molecule has 5 aromatic rings. The molecular weight excluding hydrogens is 603 g/mol. The van der Waals surface area contributed by atoms with E-state index in [1.807, 2.05) is 73.8 Å². The molecule has 3 heterocycles. The monoisotopic (exact) mass is 636 g/mol. The average Bonchev–Trinajstić information content (AvgIpc) is 3.41. The molecule has 4 aromatic carbocycles. The Morgan fingerprint density at radius 2 is 1.50 bits per heavy atom. The first-order valence-corrected chi connectivity index (χ1v) is 16.3. The number of fused-ring (bicyclic) bond motifs is 2. The largest absolute Gasteiger partial charge is 0.478 e. The van der Waals surface area contributed by atoms with E-state index in [1.54, 1.807) is 33.6 Å². The summed E-state index contributed by atoms with van der Waals surface area (Å²) in [7, 11) is 2.03. The van der Waals surface area contributed by atoms with Crippen molar-refractivity contribution in [2.24, 2.45) is 0 Å². The second kappa shape index (κ2) is 13.0. The van der Waals surface area contributed by atoms with Crippen LogP contribution in [0.25, 0.3) is 10.9 Å². The van der Waals surface area contributed by atoms with E-state index in [0.717, 1.165) is 29.8 Å². The lowest BCUT2D eigenvalue weighted by Gasteiger charge is -2.30. The van der Waals surface area contributed by atoms with E-state index >= 15 is 0 Å². The van der Waals surface area contributed by atoms with Gasteiger partial charge in [-0.1, -0.05) is 72.8 Å². The molecule has 0 spiro atoms. The predicted octanol–water partition coefficient (Wildman–Crippen LogP) is 5.90. The third-order valence-electron chi connectivity index (χ3n) is 8.48. The van der Waals surface area contributed by atoms with E-state index < -0.39 is 17.4 Å². The number of carbonyl (C=O) groups excluding carboxylic acids is 1. The number of pyridine rings is 1. The van der Waals surface area contributed by atoms with E-state index in [2.05, 4.69) is 4.90 Å². The minimum absolute atomic E-state index is 0.198. The van der Waals surface area contributed by atoms with Crippen molar-refractivity contribution in [1.82, 2.24) is 19.1 Å². The van der Waals surface area contributed by atoms with Gasteiger partial charge in [-0.2, -0.15) is 8.51 Å². The molecule has 0 radical (unpaired) electrons. The number of benzene rings is 4. The van der Waals surface area contributed by atoms with Gasteiger partial charge >= 0.3 is 0 Å². The van der Waals surface area contributed by atoms with Gasteiger partial charge in [0.25, 0.3) is 17.2 Å². The molecule has 1 atom stereocenters. The van der Waals surface area contributed by atoms with E-state index in [4.69, 9.17) is 13.9 Å². The normalized spacial score (nSPS) is 16.2. The quantitative estimate of drug-likeness (QED) is 0.201. The van der Waals surface area contributed by atoms with Crippen LogP contribution in [0.4, 0.5) is 4.39 Å². The van der Waals surface area contributed by atoms with Crippen molar-refractivity contribution in [3.05, 3.63) is 137 Å². The number of hydrogen-bond donors (Lipinski definition) is 0. The van der Waals surface area contributed by atoms with Crippen LogP contribution in [-0.2, 0) is 24.4 Å². The lowest BCUT2D eigenvalue weighted by atomic mass is 9.99. The second-order valence-electron chi connectivity index (χ2n) is 11.6. The van der Waals surface area contributed by atoms with Gasteiger partial charge in [0.05, 0.1) is 12.1 Å². The first kappa shape index (κ1) is 30.0. The lowest BCUT2D eigenvalue weighted by Crippen LogP contribution is -2.46. The minimum atomic E-state index is -1.79. The van der Waals surface area contributed by atoms with E-state index in [1.165, 1.54) is 12.1 Å². The van der Waals surface area contributed by atoms with Gasteiger partial charge in [0.1, 0.15) is 17.4 Å². The number of carbonyl (C=O) groups is 1. The molecule has 0 saturated carbocycles. The summed E-state index contributed by atoms with van der Waals surface area (Å²) in [6.45, 7) is 3.17. The van der Waals surface area contributed by atoms with Gasteiger partial charge in [-0.25, -0.2) is 4.39 Å². The van der Waals surface area contributed by atoms with Gasteiger partial charge in [0.15, 0.2) is 11.5 Å². The molecule has 1 aromatic heterocycles.